The first kappa shape index (κ1) is 24.1. The number of rotatable bonds is 6. The molecule has 0 unspecified atom stereocenters. The van der Waals surface area contributed by atoms with E-state index in [0.717, 1.165) is 60.1 Å². The molecule has 6 rings (SSSR count). The molecular weight excluding hydrogens is 496 g/mol. The van der Waals surface area contributed by atoms with E-state index in [-0.39, 0.29) is 0 Å². The number of hydrogen-bond acceptors (Lipinski definition) is 4. The molecule has 0 amide bonds. The number of hydrogen-bond donors (Lipinski definition) is 1. The van der Waals surface area contributed by atoms with Gasteiger partial charge in [-0.1, -0.05) is 83.9 Å². The normalized spacial score (nSPS) is 14.8. The van der Waals surface area contributed by atoms with Gasteiger partial charge in [0.15, 0.2) is 0 Å². The number of piperidine rings is 1. The minimum Gasteiger partial charge on any atom is -0.341 e. The molecule has 0 atom stereocenters. The third-order valence-corrected chi connectivity index (χ3v) is 8.60. The highest BCUT2D eigenvalue weighted by Crippen LogP contribution is 2.42. The summed E-state index contributed by atoms with van der Waals surface area (Å²) in [6, 6.07) is 27.1. The summed E-state index contributed by atoms with van der Waals surface area (Å²) in [6.45, 7) is 5.14. The van der Waals surface area contributed by atoms with Crippen molar-refractivity contribution in [3.05, 3.63) is 106 Å². The number of nitrogens with one attached hydrogen (secondary N) is 1. The number of likely N-dealkylation sites (tertiary alicyclic amines) is 1. The minimum absolute atomic E-state index is 0.480. The van der Waals surface area contributed by atoms with Crippen molar-refractivity contribution in [2.45, 2.75) is 32.2 Å². The average molecular weight is 525 g/mol. The fourth-order valence-electron chi connectivity index (χ4n) is 4.98. The molecule has 1 fully saturated rings. The van der Waals surface area contributed by atoms with Crippen molar-refractivity contribution in [3.8, 4) is 33.1 Å². The Morgan fingerprint density at radius 2 is 1.59 bits per heavy atom. The zero-order valence-corrected chi connectivity index (χ0v) is 22.4. The Kier molecular flexibility index (Phi) is 6.92. The van der Waals surface area contributed by atoms with Gasteiger partial charge in [-0.25, -0.2) is 9.97 Å². The van der Waals surface area contributed by atoms with E-state index in [9.17, 15) is 0 Å². The van der Waals surface area contributed by atoms with Crippen LogP contribution in [0.5, 0.6) is 0 Å². The average Bonchev–Trinajstić information content (AvgIpc) is 3.59. The van der Waals surface area contributed by atoms with E-state index in [2.05, 4.69) is 70.3 Å². The number of nitrogens with zero attached hydrogens (tertiary/aromatic N) is 3. The number of halogens is 1. The zero-order chi connectivity index (χ0) is 25.2. The van der Waals surface area contributed by atoms with Gasteiger partial charge < -0.3 is 4.98 Å². The highest BCUT2D eigenvalue weighted by Gasteiger charge is 2.26. The summed E-state index contributed by atoms with van der Waals surface area (Å²) in [5.74, 6) is 1.42. The molecule has 1 aliphatic rings. The van der Waals surface area contributed by atoms with Crippen LogP contribution in [0.4, 0.5) is 0 Å². The summed E-state index contributed by atoms with van der Waals surface area (Å²) in [4.78, 5) is 17.1. The first-order valence-corrected chi connectivity index (χ1v) is 14.0. The van der Waals surface area contributed by atoms with Crippen LogP contribution in [0.15, 0.2) is 85.1 Å². The molecule has 4 nitrogen and oxygen atoms in total. The summed E-state index contributed by atoms with van der Waals surface area (Å²) in [6.07, 6.45) is 4.20. The highest BCUT2D eigenvalue weighted by molar-refractivity contribution is 7.15. The predicted octanol–water partition coefficient (Wildman–Crippen LogP) is 8.21. The van der Waals surface area contributed by atoms with E-state index in [4.69, 9.17) is 16.6 Å². The van der Waals surface area contributed by atoms with Crippen molar-refractivity contribution in [2.75, 3.05) is 13.1 Å². The Balaban J connectivity index is 1.18. The van der Waals surface area contributed by atoms with Crippen LogP contribution in [-0.2, 0) is 6.54 Å². The van der Waals surface area contributed by atoms with Gasteiger partial charge in [0, 0.05) is 40.5 Å². The first-order valence-electron chi connectivity index (χ1n) is 12.8. The van der Waals surface area contributed by atoms with Crippen LogP contribution in [-0.4, -0.2) is 32.9 Å². The topological polar surface area (TPSA) is 44.8 Å². The summed E-state index contributed by atoms with van der Waals surface area (Å²) < 4.78 is 0. The molecule has 0 spiro atoms. The van der Waals surface area contributed by atoms with Crippen molar-refractivity contribution < 1.29 is 0 Å². The fraction of sp³-hybridized carbons (Fsp3) is 0.226. The molecule has 0 saturated carbocycles. The zero-order valence-electron chi connectivity index (χ0n) is 20.8. The molecule has 0 radical (unpaired) electrons. The van der Waals surface area contributed by atoms with E-state index in [1.54, 1.807) is 0 Å². The maximum atomic E-state index is 6.18. The lowest BCUT2D eigenvalue weighted by Gasteiger charge is -2.30. The van der Waals surface area contributed by atoms with Gasteiger partial charge in [-0.15, -0.1) is 11.3 Å². The second-order valence-corrected chi connectivity index (χ2v) is 11.2. The number of imidazole rings is 1. The number of benzene rings is 3. The lowest BCUT2D eigenvalue weighted by molar-refractivity contribution is 0.202. The summed E-state index contributed by atoms with van der Waals surface area (Å²) in [7, 11) is 0. The molecule has 5 aromatic rings. The van der Waals surface area contributed by atoms with Gasteiger partial charge in [0.1, 0.15) is 5.82 Å². The van der Waals surface area contributed by atoms with Crippen molar-refractivity contribution in [2.24, 2.45) is 0 Å². The number of aromatic nitrogens is 3. The van der Waals surface area contributed by atoms with E-state index >= 15 is 0 Å². The Morgan fingerprint density at radius 3 is 2.32 bits per heavy atom. The number of thiazole rings is 1. The summed E-state index contributed by atoms with van der Waals surface area (Å²) in [5, 5.41) is 1.99. The molecule has 1 aliphatic heterocycles. The maximum absolute atomic E-state index is 6.18. The number of aryl methyl sites for hydroxylation is 1. The van der Waals surface area contributed by atoms with Gasteiger partial charge in [-0.3, -0.25) is 4.90 Å². The van der Waals surface area contributed by atoms with Crippen molar-refractivity contribution >= 4 is 22.9 Å². The van der Waals surface area contributed by atoms with Gasteiger partial charge in [0.25, 0.3) is 0 Å². The quantitative estimate of drug-likeness (QED) is 0.243. The lowest BCUT2D eigenvalue weighted by Crippen LogP contribution is -2.32. The van der Waals surface area contributed by atoms with Crippen molar-refractivity contribution in [1.29, 1.82) is 0 Å². The summed E-state index contributed by atoms with van der Waals surface area (Å²) in [5.41, 5.74) is 6.96. The lowest BCUT2D eigenvalue weighted by atomic mass is 9.97. The molecule has 186 valence electrons. The van der Waals surface area contributed by atoms with Gasteiger partial charge in [0.2, 0.25) is 0 Å². The Bertz CT molecular complexity index is 1400. The molecule has 2 aromatic heterocycles. The van der Waals surface area contributed by atoms with Crippen LogP contribution in [0.1, 0.15) is 35.0 Å². The van der Waals surface area contributed by atoms with Gasteiger partial charge in [0.05, 0.1) is 15.6 Å². The van der Waals surface area contributed by atoms with E-state index in [1.807, 2.05) is 47.9 Å². The SMILES string of the molecule is Cc1ccc(-c2sc(C3CCN(Cc4cnc(-c5ccccc5)[nH]4)CC3)nc2-c2ccc(Cl)cc2)cc1. The molecule has 1 N–H and O–H groups in total. The number of aromatic amines is 1. The molecule has 1 saturated heterocycles. The Labute approximate surface area is 227 Å². The van der Waals surface area contributed by atoms with Gasteiger partial charge >= 0.3 is 0 Å². The van der Waals surface area contributed by atoms with Gasteiger partial charge in [-0.05, 0) is 50.6 Å². The summed E-state index contributed by atoms with van der Waals surface area (Å²) >= 11 is 8.03. The van der Waals surface area contributed by atoms with Crippen molar-refractivity contribution in [1.82, 2.24) is 19.9 Å². The maximum Gasteiger partial charge on any atom is 0.137 e. The molecule has 3 aromatic carbocycles. The van der Waals surface area contributed by atoms with Crippen molar-refractivity contribution in [3.63, 3.8) is 0 Å². The van der Waals surface area contributed by atoms with Crippen LogP contribution >= 0.6 is 22.9 Å². The van der Waals surface area contributed by atoms with E-state index in [0.29, 0.717) is 5.92 Å². The largest absolute Gasteiger partial charge is 0.341 e. The third kappa shape index (κ3) is 5.40. The standard InChI is InChI=1S/C31H29ClN4S/c1-21-7-9-23(10-8-21)29-28(22-11-13-26(32)14-12-22)35-31(37-29)25-15-17-36(18-16-25)20-27-19-33-30(34-27)24-5-3-2-4-6-24/h2-14,19,25H,15-18,20H2,1H3,(H,33,34). The van der Waals surface area contributed by atoms with Crippen LogP contribution in [0, 0.1) is 6.92 Å². The monoisotopic (exact) mass is 524 g/mol. The highest BCUT2D eigenvalue weighted by atomic mass is 35.5. The van der Waals surface area contributed by atoms with E-state index < -0.39 is 0 Å². The minimum atomic E-state index is 0.480. The Hall–Kier alpha value is -3.25. The molecule has 0 aliphatic carbocycles. The van der Waals surface area contributed by atoms with Crippen LogP contribution in [0.2, 0.25) is 5.02 Å². The van der Waals surface area contributed by atoms with Crippen LogP contribution < -0.4 is 0 Å². The second kappa shape index (κ2) is 10.6. The van der Waals surface area contributed by atoms with Gasteiger partial charge in [-0.2, -0.15) is 0 Å². The molecule has 37 heavy (non-hydrogen) atoms. The predicted molar refractivity (Wildman–Crippen MR) is 154 cm³/mol. The van der Waals surface area contributed by atoms with Crippen LogP contribution in [0.3, 0.4) is 0 Å². The smallest absolute Gasteiger partial charge is 0.137 e. The number of H-pyrrole nitrogens is 1. The van der Waals surface area contributed by atoms with E-state index in [1.165, 1.54) is 26.7 Å². The molecule has 6 heteroatoms. The fourth-order valence-corrected chi connectivity index (χ4v) is 6.36. The first-order chi connectivity index (χ1) is 18.1. The molecule has 0 bridgehead atoms. The molecule has 3 heterocycles. The van der Waals surface area contributed by atoms with Crippen LogP contribution in [0.25, 0.3) is 33.1 Å². The third-order valence-electron chi connectivity index (χ3n) is 7.08. The Morgan fingerprint density at radius 1 is 0.892 bits per heavy atom. The second-order valence-electron chi connectivity index (χ2n) is 9.78. The molecular formula is C31H29ClN4S.